The highest BCUT2D eigenvalue weighted by Gasteiger charge is 2.22. The molecule has 0 radical (unpaired) electrons. The molecule has 1 aromatic heterocycles. The third kappa shape index (κ3) is 2.66. The van der Waals surface area contributed by atoms with Crippen molar-refractivity contribution in [2.45, 2.75) is 24.3 Å². The smallest absolute Gasteiger partial charge is 0.123 e. The Morgan fingerprint density at radius 3 is 2.84 bits per heavy atom. The highest BCUT2D eigenvalue weighted by molar-refractivity contribution is 9.09. The van der Waals surface area contributed by atoms with Crippen molar-refractivity contribution >= 4 is 50.5 Å². The van der Waals surface area contributed by atoms with E-state index in [0.29, 0.717) is 4.34 Å². The number of hydrogen-bond acceptors (Lipinski definition) is 2. The number of ether oxygens (including phenoxy) is 1. The van der Waals surface area contributed by atoms with E-state index in [9.17, 15) is 0 Å². The highest BCUT2D eigenvalue weighted by atomic mass is 79.9. The van der Waals surface area contributed by atoms with E-state index in [1.54, 1.807) is 0 Å². The number of halogens is 3. The third-order valence-electron chi connectivity index (χ3n) is 3.17. The van der Waals surface area contributed by atoms with Gasteiger partial charge < -0.3 is 4.74 Å². The summed E-state index contributed by atoms with van der Waals surface area (Å²) in [6, 6.07) is 8.20. The Morgan fingerprint density at radius 1 is 1.37 bits per heavy atom. The van der Waals surface area contributed by atoms with Crippen LogP contribution in [0.15, 0.2) is 24.3 Å². The number of hydrogen-bond donors (Lipinski definition) is 0. The lowest BCUT2D eigenvalue weighted by Crippen LogP contribution is -2.05. The Labute approximate surface area is 134 Å². The van der Waals surface area contributed by atoms with Crippen LogP contribution in [0.3, 0.4) is 0 Å². The average Bonchev–Trinajstić information content (AvgIpc) is 2.88. The fraction of sp³-hybridized carbons (Fsp3) is 0.286. The van der Waals surface area contributed by atoms with Crippen LogP contribution in [0.4, 0.5) is 0 Å². The molecule has 0 amide bonds. The Morgan fingerprint density at radius 2 is 2.16 bits per heavy atom. The van der Waals surface area contributed by atoms with E-state index in [-0.39, 0.29) is 10.9 Å². The van der Waals surface area contributed by atoms with E-state index in [1.807, 2.05) is 12.1 Å². The summed E-state index contributed by atoms with van der Waals surface area (Å²) in [5.74, 6) is 0.991. The lowest BCUT2D eigenvalue weighted by Gasteiger charge is -2.10. The van der Waals surface area contributed by atoms with E-state index in [2.05, 4.69) is 35.0 Å². The highest BCUT2D eigenvalue weighted by Crippen LogP contribution is 2.43. The summed E-state index contributed by atoms with van der Waals surface area (Å²) < 4.78 is 7.16. The number of rotatable bonds is 2. The number of benzene rings is 1. The molecule has 1 nitrogen and oxygen atoms in total. The van der Waals surface area contributed by atoms with Gasteiger partial charge in [0, 0.05) is 12.0 Å². The molecule has 0 spiro atoms. The summed E-state index contributed by atoms with van der Waals surface area (Å²) in [4.78, 5) is 0.0601. The molecule has 5 heteroatoms. The van der Waals surface area contributed by atoms with Crippen LogP contribution in [-0.2, 0) is 6.42 Å². The molecule has 0 saturated heterocycles. The zero-order valence-electron chi connectivity index (χ0n) is 10.1. The summed E-state index contributed by atoms with van der Waals surface area (Å²) in [5.41, 5.74) is 3.45. The number of fused-ring (bicyclic) bond motifs is 1. The van der Waals surface area contributed by atoms with Crippen LogP contribution in [0.2, 0.25) is 8.67 Å². The Balaban J connectivity index is 1.95. The van der Waals surface area contributed by atoms with Crippen LogP contribution in [0.5, 0.6) is 5.75 Å². The van der Waals surface area contributed by atoms with Gasteiger partial charge in [0.05, 0.1) is 13.5 Å². The molecule has 2 atom stereocenters. The van der Waals surface area contributed by atoms with Gasteiger partial charge in [-0.25, -0.2) is 0 Å². The largest absolute Gasteiger partial charge is 0.490 e. The van der Waals surface area contributed by atoms with Gasteiger partial charge in [0.2, 0.25) is 0 Å². The molecule has 0 bridgehead atoms. The summed E-state index contributed by atoms with van der Waals surface area (Å²) >= 11 is 17.3. The molecule has 0 N–H and O–H groups in total. The normalized spacial score (nSPS) is 19.1. The van der Waals surface area contributed by atoms with Crippen molar-refractivity contribution in [2.75, 3.05) is 0 Å². The van der Waals surface area contributed by atoms with Gasteiger partial charge in [-0.3, -0.25) is 0 Å². The maximum atomic E-state index is 6.21. The van der Waals surface area contributed by atoms with Crippen LogP contribution in [0, 0.1) is 0 Å². The first-order valence-electron chi connectivity index (χ1n) is 5.93. The quantitative estimate of drug-likeness (QED) is 0.595. The van der Waals surface area contributed by atoms with Crippen LogP contribution < -0.4 is 4.74 Å². The summed E-state index contributed by atoms with van der Waals surface area (Å²) in [5, 5.41) is 0. The SMILES string of the molecule is CC1Cc2cc(C(Br)c3cc(Cl)sc3Cl)ccc2O1. The van der Waals surface area contributed by atoms with Gasteiger partial charge in [-0.1, -0.05) is 51.3 Å². The molecule has 2 aromatic rings. The predicted octanol–water partition coefficient (Wildman–Crippen LogP) is 5.86. The van der Waals surface area contributed by atoms with Crippen LogP contribution in [-0.4, -0.2) is 6.10 Å². The second-order valence-corrected chi connectivity index (χ2v) is 7.84. The summed E-state index contributed by atoms with van der Waals surface area (Å²) in [6.45, 7) is 2.08. The van der Waals surface area contributed by atoms with Crippen molar-refractivity contribution in [3.63, 3.8) is 0 Å². The molecule has 3 rings (SSSR count). The fourth-order valence-electron chi connectivity index (χ4n) is 2.30. The van der Waals surface area contributed by atoms with Crippen LogP contribution >= 0.6 is 50.5 Å². The molecule has 0 saturated carbocycles. The molecular formula is C14H11BrCl2OS. The zero-order valence-corrected chi connectivity index (χ0v) is 14.0. The number of thiophene rings is 1. The molecule has 2 heterocycles. The van der Waals surface area contributed by atoms with E-state index in [0.717, 1.165) is 22.1 Å². The van der Waals surface area contributed by atoms with Crippen molar-refractivity contribution in [1.82, 2.24) is 0 Å². The lowest BCUT2D eigenvalue weighted by atomic mass is 10.0. The van der Waals surface area contributed by atoms with E-state index >= 15 is 0 Å². The van der Waals surface area contributed by atoms with Crippen molar-refractivity contribution in [1.29, 1.82) is 0 Å². The van der Waals surface area contributed by atoms with Gasteiger partial charge in [0.1, 0.15) is 11.9 Å². The monoisotopic (exact) mass is 376 g/mol. The van der Waals surface area contributed by atoms with Gasteiger partial charge in [-0.2, -0.15) is 0 Å². The van der Waals surface area contributed by atoms with E-state index in [1.165, 1.54) is 22.5 Å². The van der Waals surface area contributed by atoms with Gasteiger partial charge in [-0.05, 0) is 30.2 Å². The van der Waals surface area contributed by atoms with Gasteiger partial charge in [-0.15, -0.1) is 11.3 Å². The molecule has 19 heavy (non-hydrogen) atoms. The molecule has 2 unspecified atom stereocenters. The minimum absolute atomic E-state index is 0.0601. The topological polar surface area (TPSA) is 9.23 Å². The summed E-state index contributed by atoms with van der Waals surface area (Å²) in [6.07, 6.45) is 1.22. The first-order valence-corrected chi connectivity index (χ1v) is 8.41. The van der Waals surface area contributed by atoms with Crippen molar-refractivity contribution in [2.24, 2.45) is 0 Å². The molecule has 0 fully saturated rings. The van der Waals surface area contributed by atoms with Crippen molar-refractivity contribution in [3.05, 3.63) is 49.6 Å². The van der Waals surface area contributed by atoms with E-state index in [4.69, 9.17) is 27.9 Å². The Bertz CT molecular complexity index is 626. The van der Waals surface area contributed by atoms with Crippen molar-refractivity contribution in [3.8, 4) is 5.75 Å². The maximum absolute atomic E-state index is 6.21. The van der Waals surface area contributed by atoms with Crippen LogP contribution in [0.25, 0.3) is 0 Å². The third-order valence-corrected chi connectivity index (χ3v) is 5.71. The van der Waals surface area contributed by atoms with Gasteiger partial charge in [0.15, 0.2) is 0 Å². The maximum Gasteiger partial charge on any atom is 0.123 e. The molecule has 0 aliphatic carbocycles. The molecule has 1 aliphatic heterocycles. The molecule has 1 aliphatic rings. The first-order chi connectivity index (χ1) is 9.04. The molecular weight excluding hydrogens is 367 g/mol. The Kier molecular flexibility index (Phi) is 3.82. The fourth-order valence-corrected chi connectivity index (χ4v) is 4.77. The second kappa shape index (κ2) is 5.28. The second-order valence-electron chi connectivity index (χ2n) is 4.64. The summed E-state index contributed by atoms with van der Waals surface area (Å²) in [7, 11) is 0. The molecule has 100 valence electrons. The van der Waals surface area contributed by atoms with Crippen molar-refractivity contribution < 1.29 is 4.74 Å². The first kappa shape index (κ1) is 13.7. The van der Waals surface area contributed by atoms with Crippen LogP contribution in [0.1, 0.15) is 28.4 Å². The molecule has 1 aromatic carbocycles. The van der Waals surface area contributed by atoms with E-state index < -0.39 is 0 Å². The zero-order chi connectivity index (χ0) is 13.6. The number of alkyl halides is 1. The van der Waals surface area contributed by atoms with Gasteiger partial charge in [0.25, 0.3) is 0 Å². The van der Waals surface area contributed by atoms with Gasteiger partial charge >= 0.3 is 0 Å². The minimum atomic E-state index is 0.0601. The minimum Gasteiger partial charge on any atom is -0.490 e. The Hall–Kier alpha value is -0.220. The standard InChI is InChI=1S/C14H11BrCl2OS/c1-7-4-9-5-8(2-3-11(9)18-7)13(15)10-6-12(16)19-14(10)17/h2-3,5-7,13H,4H2,1H3. The predicted molar refractivity (Wildman–Crippen MR) is 85.3 cm³/mol. The average molecular weight is 378 g/mol. The lowest BCUT2D eigenvalue weighted by molar-refractivity contribution is 0.254.